The predicted octanol–water partition coefficient (Wildman–Crippen LogP) is 0.941. The molecule has 0 saturated heterocycles. The minimum atomic E-state index is -1.07. The smallest absolute Gasteiger partial charge is 0.270 e. The Kier molecular flexibility index (Phi) is 10.4. The summed E-state index contributed by atoms with van der Waals surface area (Å²) in [7, 11) is 0. The molecule has 0 radical (unpaired) electrons. The number of anilines is 2. The standard InChI is InChI=1S/C27H35N9O6/c1-3-14(2)22-26(40)33-20(5-4-10-31-27(29)30)25(39)34-21-11-15(23(28)37)6-7-16(21)13-32-19-9-8-17(36(41)42)12-18(19)24(38)35-22/h6-9,11-12,14,20,22,32H,3-5,10,13H2,1-2H3,(H2,28,37)(H,33,40)(H,34,39)(H,35,38)(H4,29,30,31)/t14-,20-,22-/m0/s1. The van der Waals surface area contributed by atoms with E-state index in [1.807, 2.05) is 6.92 Å². The molecular weight excluding hydrogens is 546 g/mol. The lowest BCUT2D eigenvalue weighted by molar-refractivity contribution is -0.384. The van der Waals surface area contributed by atoms with Crippen LogP contribution in [0.15, 0.2) is 41.4 Å². The number of amides is 4. The Morgan fingerprint density at radius 1 is 1.07 bits per heavy atom. The largest absolute Gasteiger partial charge is 0.380 e. The molecule has 2 aromatic rings. The summed E-state index contributed by atoms with van der Waals surface area (Å²) < 4.78 is 0. The van der Waals surface area contributed by atoms with Gasteiger partial charge >= 0.3 is 0 Å². The molecular formula is C27H35N9O6. The highest BCUT2D eigenvalue weighted by atomic mass is 16.6. The maximum absolute atomic E-state index is 13.5. The van der Waals surface area contributed by atoms with Crippen LogP contribution in [0.4, 0.5) is 17.1 Å². The zero-order valence-corrected chi connectivity index (χ0v) is 23.3. The third-order valence-corrected chi connectivity index (χ3v) is 6.94. The number of guanidine groups is 1. The van der Waals surface area contributed by atoms with Crippen molar-refractivity contribution < 1.29 is 24.1 Å². The summed E-state index contributed by atoms with van der Waals surface area (Å²) in [5.74, 6) is -3.10. The van der Waals surface area contributed by atoms with Gasteiger partial charge in [0.1, 0.15) is 12.1 Å². The Labute approximate surface area is 241 Å². The number of carbonyl (C=O) groups is 4. The van der Waals surface area contributed by atoms with Gasteiger partial charge in [0.05, 0.1) is 10.5 Å². The second-order valence-electron chi connectivity index (χ2n) is 9.91. The molecule has 15 heteroatoms. The summed E-state index contributed by atoms with van der Waals surface area (Å²) in [5, 5.41) is 22.8. The van der Waals surface area contributed by atoms with E-state index in [-0.39, 0.29) is 59.6 Å². The van der Waals surface area contributed by atoms with Gasteiger partial charge in [-0.1, -0.05) is 26.3 Å². The van der Waals surface area contributed by atoms with Crippen molar-refractivity contribution in [3.8, 4) is 0 Å². The highest BCUT2D eigenvalue weighted by molar-refractivity contribution is 6.04. The number of non-ortho nitro benzene ring substituents is 1. The van der Waals surface area contributed by atoms with Crippen LogP contribution in [0.3, 0.4) is 0 Å². The van der Waals surface area contributed by atoms with Crippen LogP contribution >= 0.6 is 0 Å². The van der Waals surface area contributed by atoms with E-state index < -0.39 is 40.6 Å². The summed E-state index contributed by atoms with van der Waals surface area (Å²) in [6.45, 7) is 3.86. The minimum Gasteiger partial charge on any atom is -0.380 e. The Morgan fingerprint density at radius 3 is 2.45 bits per heavy atom. The molecule has 3 atom stereocenters. The number of nitrogens with two attached hydrogens (primary N) is 3. The number of aliphatic imine (C=N–C) groups is 1. The molecule has 2 aromatic carbocycles. The van der Waals surface area contributed by atoms with Crippen LogP contribution in [0.5, 0.6) is 0 Å². The molecule has 0 saturated carbocycles. The predicted molar refractivity (Wildman–Crippen MR) is 157 cm³/mol. The van der Waals surface area contributed by atoms with E-state index in [2.05, 4.69) is 26.3 Å². The van der Waals surface area contributed by atoms with Crippen molar-refractivity contribution in [1.82, 2.24) is 10.6 Å². The lowest BCUT2D eigenvalue weighted by Crippen LogP contribution is -2.55. The molecule has 0 fully saturated rings. The van der Waals surface area contributed by atoms with Crippen LogP contribution < -0.4 is 38.5 Å². The highest BCUT2D eigenvalue weighted by Crippen LogP contribution is 2.26. The van der Waals surface area contributed by atoms with Gasteiger partial charge < -0.3 is 38.5 Å². The SMILES string of the molecule is CC[C@H](C)[C@@H]1NC(=O)c2cc([N+](=O)[O-])ccc2NCc2ccc(C(N)=O)cc2NC(=O)[C@H](CCCN=C(N)N)NC1=O. The van der Waals surface area contributed by atoms with Crippen LogP contribution in [0.2, 0.25) is 0 Å². The second kappa shape index (κ2) is 13.9. The molecule has 224 valence electrons. The van der Waals surface area contributed by atoms with Crippen molar-refractivity contribution in [3.05, 3.63) is 63.2 Å². The van der Waals surface area contributed by atoms with Gasteiger partial charge in [-0.15, -0.1) is 0 Å². The number of benzene rings is 2. The van der Waals surface area contributed by atoms with Crippen molar-refractivity contribution in [2.75, 3.05) is 17.2 Å². The van der Waals surface area contributed by atoms with E-state index in [1.54, 1.807) is 13.0 Å². The van der Waals surface area contributed by atoms with E-state index in [0.29, 0.717) is 18.4 Å². The van der Waals surface area contributed by atoms with Gasteiger partial charge in [0.25, 0.3) is 11.6 Å². The molecule has 0 unspecified atom stereocenters. The summed E-state index contributed by atoms with van der Waals surface area (Å²) in [6.07, 6.45) is 0.986. The molecule has 15 nitrogen and oxygen atoms in total. The first-order valence-corrected chi connectivity index (χ1v) is 13.3. The Bertz CT molecular complexity index is 1410. The fourth-order valence-electron chi connectivity index (χ4n) is 4.35. The van der Waals surface area contributed by atoms with Crippen LogP contribution in [0, 0.1) is 16.0 Å². The molecule has 0 spiro atoms. The molecule has 0 aromatic heterocycles. The highest BCUT2D eigenvalue weighted by Gasteiger charge is 2.31. The lowest BCUT2D eigenvalue weighted by atomic mass is 9.96. The average molecular weight is 582 g/mol. The van der Waals surface area contributed by atoms with E-state index in [0.717, 1.165) is 6.07 Å². The molecule has 3 rings (SSSR count). The van der Waals surface area contributed by atoms with Crippen LogP contribution in [-0.4, -0.2) is 53.1 Å². The van der Waals surface area contributed by atoms with Gasteiger partial charge in [-0.25, -0.2) is 0 Å². The number of carbonyl (C=O) groups excluding carboxylic acids is 4. The fourth-order valence-corrected chi connectivity index (χ4v) is 4.35. The molecule has 1 heterocycles. The van der Waals surface area contributed by atoms with E-state index in [4.69, 9.17) is 17.2 Å². The first-order chi connectivity index (χ1) is 19.9. The molecule has 0 bridgehead atoms. The summed E-state index contributed by atoms with van der Waals surface area (Å²) in [5.41, 5.74) is 17.0. The number of nitro benzene ring substituents is 1. The summed E-state index contributed by atoms with van der Waals surface area (Å²) >= 11 is 0. The van der Waals surface area contributed by atoms with Gasteiger partial charge in [-0.05, 0) is 42.5 Å². The van der Waals surface area contributed by atoms with Crippen molar-refractivity contribution in [2.45, 2.75) is 51.7 Å². The maximum Gasteiger partial charge on any atom is 0.270 e. The van der Waals surface area contributed by atoms with Crippen molar-refractivity contribution in [2.24, 2.45) is 28.1 Å². The lowest BCUT2D eigenvalue weighted by Gasteiger charge is -2.27. The van der Waals surface area contributed by atoms with Crippen molar-refractivity contribution >= 4 is 46.7 Å². The first kappa shape index (κ1) is 31.3. The van der Waals surface area contributed by atoms with Crippen molar-refractivity contribution in [1.29, 1.82) is 0 Å². The summed E-state index contributed by atoms with van der Waals surface area (Å²) in [4.78, 5) is 67.2. The number of hydrogen-bond acceptors (Lipinski definition) is 8. The zero-order valence-electron chi connectivity index (χ0n) is 23.3. The minimum absolute atomic E-state index is 0.0458. The Balaban J connectivity index is 2.11. The van der Waals surface area contributed by atoms with E-state index >= 15 is 0 Å². The molecule has 10 N–H and O–H groups in total. The van der Waals surface area contributed by atoms with Gasteiger partial charge in [0.2, 0.25) is 17.7 Å². The second-order valence-corrected chi connectivity index (χ2v) is 9.91. The third-order valence-electron chi connectivity index (χ3n) is 6.94. The topological polar surface area (TPSA) is 250 Å². The zero-order chi connectivity index (χ0) is 31.0. The number of nitro groups is 1. The number of rotatable bonds is 8. The number of nitrogens with zero attached hydrogens (tertiary/aromatic N) is 2. The van der Waals surface area contributed by atoms with Gasteiger partial charge in [-0.3, -0.25) is 34.3 Å². The Morgan fingerprint density at radius 2 is 1.81 bits per heavy atom. The van der Waals surface area contributed by atoms with Crippen LogP contribution in [0.1, 0.15) is 59.4 Å². The van der Waals surface area contributed by atoms with Crippen LogP contribution in [0.25, 0.3) is 0 Å². The molecule has 4 amide bonds. The third kappa shape index (κ3) is 7.93. The molecule has 1 aliphatic heterocycles. The molecule has 42 heavy (non-hydrogen) atoms. The summed E-state index contributed by atoms with van der Waals surface area (Å²) in [6, 6.07) is 6.08. The molecule has 1 aliphatic rings. The monoisotopic (exact) mass is 581 g/mol. The number of hydrogen-bond donors (Lipinski definition) is 7. The Hall–Kier alpha value is -5.21. The van der Waals surface area contributed by atoms with E-state index in [1.165, 1.54) is 24.3 Å². The fraction of sp³-hybridized carbons (Fsp3) is 0.370. The van der Waals surface area contributed by atoms with Gasteiger partial charge in [-0.2, -0.15) is 0 Å². The van der Waals surface area contributed by atoms with Gasteiger partial charge in [0, 0.05) is 42.2 Å². The number of primary amides is 1. The molecule has 0 aliphatic carbocycles. The van der Waals surface area contributed by atoms with Crippen LogP contribution in [-0.2, 0) is 16.1 Å². The number of fused-ring (bicyclic) bond motifs is 2. The van der Waals surface area contributed by atoms with Crippen molar-refractivity contribution in [3.63, 3.8) is 0 Å². The maximum atomic E-state index is 13.5. The average Bonchev–Trinajstić information content (AvgIpc) is 2.95. The first-order valence-electron chi connectivity index (χ1n) is 13.3. The van der Waals surface area contributed by atoms with E-state index in [9.17, 15) is 29.3 Å². The number of nitrogens with one attached hydrogen (secondary N) is 4. The quantitative estimate of drug-likeness (QED) is 0.0769. The van der Waals surface area contributed by atoms with Gasteiger partial charge in [0.15, 0.2) is 5.96 Å². The normalized spacial score (nSPS) is 18.0.